The van der Waals surface area contributed by atoms with Crippen LogP contribution in [0.3, 0.4) is 0 Å². The molecule has 2 atom stereocenters. The van der Waals surface area contributed by atoms with Gasteiger partial charge in [0.1, 0.15) is 18.7 Å². The number of alkyl halides is 6. The molecule has 0 bridgehead atoms. The van der Waals surface area contributed by atoms with E-state index in [1.54, 1.807) is 30.3 Å². The Kier molecular flexibility index (Phi) is 10.4. The van der Waals surface area contributed by atoms with Crippen LogP contribution >= 0.6 is 0 Å². The van der Waals surface area contributed by atoms with Gasteiger partial charge in [0.2, 0.25) is 5.91 Å². The maximum Gasteiger partial charge on any atom is 0.403 e. The van der Waals surface area contributed by atoms with Gasteiger partial charge in [0.25, 0.3) is 0 Å². The number of esters is 1. The SMILES string of the molecule is CC(C)NC(=O)N(C(C)C)C(C(=O)N[C@@H](C)C(=O)OCc1ccccc1)C(C(F)(F)F)C(F)(F)F. The Morgan fingerprint density at radius 1 is 0.886 bits per heavy atom. The standard InChI is InChI=1S/C22H29F6N3O4/c1-12(2)29-20(34)31(13(3)4)16(17(21(23,24)25)22(26,27)28)18(32)30-14(5)19(33)35-11-15-9-7-6-8-10-15/h6-10,12-14,16-17H,11H2,1-5H3,(H,29,34)(H,30,32)/t14-,16?/m0/s1. The van der Waals surface area contributed by atoms with E-state index in [4.69, 9.17) is 4.74 Å². The van der Waals surface area contributed by atoms with Gasteiger partial charge >= 0.3 is 24.4 Å². The fourth-order valence-corrected chi connectivity index (χ4v) is 3.20. The number of ether oxygens (including phenoxy) is 1. The van der Waals surface area contributed by atoms with Crippen LogP contribution in [-0.4, -0.2) is 59.3 Å². The largest absolute Gasteiger partial charge is 0.459 e. The van der Waals surface area contributed by atoms with Crippen LogP contribution in [0.15, 0.2) is 30.3 Å². The number of amides is 3. The second kappa shape index (κ2) is 12.1. The maximum absolute atomic E-state index is 13.6. The molecule has 0 aliphatic rings. The smallest absolute Gasteiger partial charge is 0.403 e. The van der Waals surface area contributed by atoms with Crippen LogP contribution in [0.2, 0.25) is 0 Å². The molecule has 1 rings (SSSR count). The number of nitrogens with one attached hydrogen (secondary N) is 2. The second-order valence-corrected chi connectivity index (χ2v) is 8.43. The highest BCUT2D eigenvalue weighted by molar-refractivity contribution is 5.91. The van der Waals surface area contributed by atoms with Gasteiger partial charge in [-0.05, 0) is 40.2 Å². The molecule has 2 N–H and O–H groups in total. The first-order chi connectivity index (χ1) is 16.0. The van der Waals surface area contributed by atoms with Gasteiger partial charge in [-0.25, -0.2) is 9.59 Å². The molecule has 0 saturated heterocycles. The Bertz CT molecular complexity index is 845. The lowest BCUT2D eigenvalue weighted by Gasteiger charge is -2.40. The molecule has 0 fully saturated rings. The van der Waals surface area contributed by atoms with E-state index in [0.717, 1.165) is 6.92 Å². The molecule has 1 unspecified atom stereocenters. The minimum atomic E-state index is -5.93. The van der Waals surface area contributed by atoms with E-state index >= 15 is 0 Å². The molecule has 0 aliphatic heterocycles. The van der Waals surface area contributed by atoms with Crippen molar-refractivity contribution in [1.82, 2.24) is 15.5 Å². The van der Waals surface area contributed by atoms with E-state index < -0.39 is 60.3 Å². The number of carbonyl (C=O) groups excluding carboxylic acids is 3. The van der Waals surface area contributed by atoms with Crippen molar-refractivity contribution >= 4 is 17.9 Å². The summed E-state index contributed by atoms with van der Waals surface area (Å²) in [6.45, 7) is 6.05. The minimum Gasteiger partial charge on any atom is -0.459 e. The number of hydrogen-bond acceptors (Lipinski definition) is 4. The van der Waals surface area contributed by atoms with Crippen molar-refractivity contribution in [3.63, 3.8) is 0 Å². The number of halogens is 6. The lowest BCUT2D eigenvalue weighted by Crippen LogP contribution is -2.65. The van der Waals surface area contributed by atoms with E-state index in [1.165, 1.54) is 27.7 Å². The summed E-state index contributed by atoms with van der Waals surface area (Å²) in [5.41, 5.74) is 0.572. The summed E-state index contributed by atoms with van der Waals surface area (Å²) in [5, 5.41) is 4.06. The molecule has 13 heteroatoms. The Balaban J connectivity index is 3.28. The molecule has 0 saturated carbocycles. The van der Waals surface area contributed by atoms with Crippen molar-refractivity contribution in [3.8, 4) is 0 Å². The summed E-state index contributed by atoms with van der Waals surface area (Å²) in [5.74, 6) is -7.09. The van der Waals surface area contributed by atoms with Crippen LogP contribution in [0, 0.1) is 5.92 Å². The number of carbonyl (C=O) groups is 3. The van der Waals surface area contributed by atoms with Crippen LogP contribution in [-0.2, 0) is 20.9 Å². The molecule has 0 heterocycles. The highest BCUT2D eigenvalue weighted by atomic mass is 19.4. The molecule has 0 aliphatic carbocycles. The summed E-state index contributed by atoms with van der Waals surface area (Å²) in [6, 6.07) is 0.458. The van der Waals surface area contributed by atoms with Gasteiger partial charge in [-0.15, -0.1) is 0 Å². The molecular formula is C22H29F6N3O4. The third-order valence-electron chi connectivity index (χ3n) is 4.73. The molecule has 1 aromatic rings. The van der Waals surface area contributed by atoms with Crippen molar-refractivity contribution in [3.05, 3.63) is 35.9 Å². The van der Waals surface area contributed by atoms with Crippen LogP contribution in [0.25, 0.3) is 0 Å². The highest BCUT2D eigenvalue weighted by Gasteiger charge is 2.64. The van der Waals surface area contributed by atoms with Gasteiger partial charge in [0, 0.05) is 12.1 Å². The minimum absolute atomic E-state index is 0.184. The number of urea groups is 1. The van der Waals surface area contributed by atoms with Crippen molar-refractivity contribution < 1.29 is 45.5 Å². The van der Waals surface area contributed by atoms with E-state index in [0.29, 0.717) is 5.56 Å². The van der Waals surface area contributed by atoms with Crippen LogP contribution in [0.5, 0.6) is 0 Å². The van der Waals surface area contributed by atoms with Crippen LogP contribution in [0.1, 0.15) is 40.2 Å². The zero-order valence-corrected chi connectivity index (χ0v) is 19.8. The lowest BCUT2D eigenvalue weighted by molar-refractivity contribution is -0.295. The van der Waals surface area contributed by atoms with Gasteiger partial charge in [-0.1, -0.05) is 30.3 Å². The van der Waals surface area contributed by atoms with Crippen molar-refractivity contribution in [1.29, 1.82) is 0 Å². The monoisotopic (exact) mass is 513 g/mol. The second-order valence-electron chi connectivity index (χ2n) is 8.43. The molecule has 0 spiro atoms. The zero-order chi connectivity index (χ0) is 27.1. The Hall–Kier alpha value is -2.99. The third kappa shape index (κ3) is 8.95. The quantitative estimate of drug-likeness (QED) is 0.383. The number of benzene rings is 1. The molecule has 0 radical (unpaired) electrons. The molecule has 3 amide bonds. The third-order valence-corrected chi connectivity index (χ3v) is 4.73. The molecule has 198 valence electrons. The highest BCUT2D eigenvalue weighted by Crippen LogP contribution is 2.43. The van der Waals surface area contributed by atoms with Gasteiger partial charge in [0.05, 0.1) is 0 Å². The average molecular weight is 513 g/mol. The van der Waals surface area contributed by atoms with E-state index in [1.807, 2.05) is 5.32 Å². The van der Waals surface area contributed by atoms with Gasteiger partial charge in [0.15, 0.2) is 5.92 Å². The predicted octanol–water partition coefficient (Wildman–Crippen LogP) is 4.17. The van der Waals surface area contributed by atoms with Crippen LogP contribution < -0.4 is 10.6 Å². The van der Waals surface area contributed by atoms with Crippen molar-refractivity contribution in [2.75, 3.05) is 0 Å². The first-order valence-corrected chi connectivity index (χ1v) is 10.7. The molecular weight excluding hydrogens is 484 g/mol. The number of hydrogen-bond donors (Lipinski definition) is 2. The summed E-state index contributed by atoms with van der Waals surface area (Å²) in [4.78, 5) is 37.9. The Morgan fingerprint density at radius 3 is 1.83 bits per heavy atom. The number of nitrogens with zero attached hydrogens (tertiary/aromatic N) is 1. The maximum atomic E-state index is 13.6. The fourth-order valence-electron chi connectivity index (χ4n) is 3.20. The normalized spacial score (nSPS) is 14.0. The van der Waals surface area contributed by atoms with E-state index in [2.05, 4.69) is 5.32 Å². The van der Waals surface area contributed by atoms with E-state index in [9.17, 15) is 40.7 Å². The summed E-state index contributed by atoms with van der Waals surface area (Å²) < 4.78 is 86.8. The zero-order valence-electron chi connectivity index (χ0n) is 19.8. The molecule has 7 nitrogen and oxygen atoms in total. The van der Waals surface area contributed by atoms with Gasteiger partial charge < -0.3 is 20.3 Å². The summed E-state index contributed by atoms with van der Waals surface area (Å²) in [6.07, 6.45) is -11.9. The predicted molar refractivity (Wildman–Crippen MR) is 114 cm³/mol. The number of rotatable bonds is 9. The topological polar surface area (TPSA) is 87.7 Å². The summed E-state index contributed by atoms with van der Waals surface area (Å²) >= 11 is 0. The first-order valence-electron chi connectivity index (χ1n) is 10.7. The van der Waals surface area contributed by atoms with Crippen molar-refractivity contribution in [2.24, 2.45) is 5.92 Å². The fraction of sp³-hybridized carbons (Fsp3) is 0.591. The molecule has 1 aromatic carbocycles. The Labute approximate surface area is 199 Å². The Morgan fingerprint density at radius 2 is 1.40 bits per heavy atom. The van der Waals surface area contributed by atoms with Crippen molar-refractivity contribution in [2.45, 2.75) is 77.7 Å². The lowest BCUT2D eigenvalue weighted by atomic mass is 9.94. The average Bonchev–Trinajstić information content (AvgIpc) is 2.69. The molecule has 35 heavy (non-hydrogen) atoms. The van der Waals surface area contributed by atoms with Crippen LogP contribution in [0.4, 0.5) is 31.1 Å². The van der Waals surface area contributed by atoms with Gasteiger partial charge in [-0.2, -0.15) is 26.3 Å². The molecule has 0 aromatic heterocycles. The van der Waals surface area contributed by atoms with Gasteiger partial charge in [-0.3, -0.25) is 4.79 Å². The first kappa shape index (κ1) is 30.0. The summed E-state index contributed by atoms with van der Waals surface area (Å²) in [7, 11) is 0. The van der Waals surface area contributed by atoms with E-state index in [-0.39, 0.29) is 11.5 Å².